The normalized spacial score (nSPS) is 22.7. The second-order valence-electron chi connectivity index (χ2n) is 10.1. The van der Waals surface area contributed by atoms with Gasteiger partial charge in [-0.05, 0) is 46.1 Å². The van der Waals surface area contributed by atoms with E-state index in [9.17, 15) is 14.3 Å². The number of benzene rings is 1. The Morgan fingerprint density at radius 3 is 2.57 bits per heavy atom. The Kier molecular flexibility index (Phi) is 6.54. The monoisotopic (exact) mass is 574 g/mol. The summed E-state index contributed by atoms with van der Waals surface area (Å²) in [7, 11) is 33.3. The third kappa shape index (κ3) is 3.86. The fourth-order valence-corrected chi connectivity index (χ4v) is 5.83. The van der Waals surface area contributed by atoms with Crippen LogP contribution >= 0.6 is 11.6 Å². The van der Waals surface area contributed by atoms with Crippen molar-refractivity contribution in [3.8, 4) is 16.9 Å². The van der Waals surface area contributed by atoms with Crippen LogP contribution in [0.1, 0.15) is 29.5 Å². The van der Waals surface area contributed by atoms with Gasteiger partial charge in [-0.15, -0.1) is 5.10 Å². The van der Waals surface area contributed by atoms with E-state index in [1.54, 1.807) is 0 Å². The number of hydrogen-bond acceptors (Lipinski definition) is 7. The van der Waals surface area contributed by atoms with Gasteiger partial charge in [0, 0.05) is 23.4 Å². The van der Waals surface area contributed by atoms with Crippen molar-refractivity contribution in [3.05, 3.63) is 76.7 Å². The lowest BCUT2D eigenvalue weighted by Gasteiger charge is -2.60. The van der Waals surface area contributed by atoms with Crippen molar-refractivity contribution in [1.29, 1.82) is 0 Å². The third-order valence-corrected chi connectivity index (χ3v) is 8.06. The number of nitrogens with one attached hydrogen (secondary N) is 1. The van der Waals surface area contributed by atoms with Crippen molar-refractivity contribution in [1.82, 2.24) is 40.1 Å². The molecule has 42 heavy (non-hydrogen) atoms. The van der Waals surface area contributed by atoms with E-state index in [0.717, 1.165) is 15.7 Å². The minimum Gasteiger partial charge on any atom is -0.390 e. The number of H-pyrrole nitrogens is 1. The van der Waals surface area contributed by atoms with Gasteiger partial charge in [-0.3, -0.25) is 9.78 Å². The van der Waals surface area contributed by atoms with E-state index in [1.165, 1.54) is 36.9 Å². The maximum atomic E-state index is 15.7. The van der Waals surface area contributed by atoms with Gasteiger partial charge in [0.1, 0.15) is 25.7 Å². The Bertz CT molecular complexity index is 1770. The smallest absolute Gasteiger partial charge is 0.247 e. The van der Waals surface area contributed by atoms with Crippen LogP contribution in [0, 0.1) is 11.6 Å². The molecule has 0 bridgehead atoms. The number of amides is 1. The molecular weight excluding hydrogens is 560 g/mol. The molecular formula is C24H14B5ClF2N8O2. The lowest BCUT2D eigenvalue weighted by Crippen LogP contribution is -2.64. The van der Waals surface area contributed by atoms with Crippen LogP contribution in [0.4, 0.5) is 8.78 Å². The fraction of sp³-hybridized carbons (Fsp3) is 0.250. The van der Waals surface area contributed by atoms with Gasteiger partial charge in [0.2, 0.25) is 5.91 Å². The van der Waals surface area contributed by atoms with E-state index in [4.69, 9.17) is 50.8 Å². The van der Waals surface area contributed by atoms with Crippen LogP contribution < -0.4 is 0 Å². The highest BCUT2D eigenvalue weighted by Gasteiger charge is 2.64. The molecule has 6 rings (SSSR count). The SMILES string of the molecule is [B]C1([B])C[C@@H](c2ncc(-c3ccnc(CO)c3F)[nH]2)N2C(=O)C=C(c3c(-n4cnnn4)ccc(Cl)c3F)C([B])([B])[C@]21[B]. The first-order valence-corrected chi connectivity index (χ1v) is 12.7. The number of carbonyl (C=O) groups is 1. The number of aliphatic hydroxyl groups is 1. The van der Waals surface area contributed by atoms with E-state index in [2.05, 4.69) is 30.5 Å². The lowest BCUT2D eigenvalue weighted by atomic mass is 9.25. The number of aromatic amines is 1. The maximum Gasteiger partial charge on any atom is 0.247 e. The highest BCUT2D eigenvalue weighted by atomic mass is 35.5. The lowest BCUT2D eigenvalue weighted by molar-refractivity contribution is -0.131. The molecule has 0 saturated carbocycles. The fourth-order valence-electron chi connectivity index (χ4n) is 5.67. The second-order valence-corrected chi connectivity index (χ2v) is 10.5. The van der Waals surface area contributed by atoms with Crippen molar-refractivity contribution >= 4 is 62.3 Å². The Morgan fingerprint density at radius 2 is 1.88 bits per heavy atom. The number of nitrogens with zero attached hydrogens (tertiary/aromatic N) is 7. The molecule has 198 valence electrons. The van der Waals surface area contributed by atoms with Gasteiger partial charge in [0.05, 0.1) is 66.6 Å². The van der Waals surface area contributed by atoms with Crippen molar-refractivity contribution in [2.75, 3.05) is 0 Å². The predicted molar refractivity (Wildman–Crippen MR) is 151 cm³/mol. The first-order chi connectivity index (χ1) is 19.8. The van der Waals surface area contributed by atoms with Crippen LogP contribution in [0.3, 0.4) is 0 Å². The van der Waals surface area contributed by atoms with Gasteiger partial charge in [0.15, 0.2) is 11.6 Å². The molecule has 1 amide bonds. The number of aliphatic hydroxyl groups excluding tert-OH is 1. The molecule has 0 spiro atoms. The highest BCUT2D eigenvalue weighted by Crippen LogP contribution is 2.66. The van der Waals surface area contributed by atoms with E-state index in [-0.39, 0.29) is 51.0 Å². The van der Waals surface area contributed by atoms with E-state index in [1.807, 2.05) is 0 Å². The summed E-state index contributed by atoms with van der Waals surface area (Å²) >= 11 is 6.11. The molecule has 2 N–H and O–H groups in total. The standard InChI is InChI=1S/C24H14B5ClF2N8O2/c25-22(26)6-16(21-34-7-13(36-21)10-3-4-33-14(8-41)19(10)31)40-17(42)5-11(23(27,28)24(22,40)29)18-15(39-9-35-37-38-39)2-1-12(30)20(18)32/h1-5,7,9,16,41H,6,8H2,(H,34,36)/t16-,24+/m0/s1. The number of hydrogen-bond donors (Lipinski definition) is 2. The third-order valence-electron chi connectivity index (χ3n) is 7.76. The molecule has 2 aliphatic heterocycles. The van der Waals surface area contributed by atoms with E-state index < -0.39 is 46.1 Å². The molecule has 10 radical (unpaired) electrons. The quantitative estimate of drug-likeness (QED) is 0.341. The largest absolute Gasteiger partial charge is 0.390 e. The number of aromatic nitrogens is 7. The Hall–Kier alpha value is -3.71. The number of carbonyl (C=O) groups excluding carboxylic acids is 1. The summed E-state index contributed by atoms with van der Waals surface area (Å²) in [6.07, 6.45) is 4.67. The summed E-state index contributed by atoms with van der Waals surface area (Å²) in [5.74, 6) is -2.34. The summed E-state index contributed by atoms with van der Waals surface area (Å²) in [6, 6.07) is 3.06. The summed E-state index contributed by atoms with van der Waals surface area (Å²) in [5.41, 5.74) is -2.58. The second kappa shape index (κ2) is 9.67. The molecule has 0 aliphatic carbocycles. The van der Waals surface area contributed by atoms with Crippen molar-refractivity contribution < 1.29 is 18.7 Å². The molecule has 3 aromatic heterocycles. The van der Waals surface area contributed by atoms with E-state index in [0.29, 0.717) is 0 Å². The first-order valence-electron chi connectivity index (χ1n) is 12.3. The molecule has 5 heterocycles. The minimum absolute atomic E-state index is 0.0600. The van der Waals surface area contributed by atoms with Crippen LogP contribution in [-0.2, 0) is 11.4 Å². The molecule has 10 nitrogen and oxygen atoms in total. The van der Waals surface area contributed by atoms with Gasteiger partial charge >= 0.3 is 0 Å². The predicted octanol–water partition coefficient (Wildman–Crippen LogP) is 1.01. The molecule has 1 saturated heterocycles. The van der Waals surface area contributed by atoms with Crippen LogP contribution in [0.25, 0.3) is 22.5 Å². The number of pyridine rings is 1. The number of tetrazole rings is 1. The topological polar surface area (TPSA) is 126 Å². The number of rotatable bonds is 5. The number of halogens is 3. The number of imidazole rings is 1. The number of fused-ring (bicyclic) bond motifs is 1. The van der Waals surface area contributed by atoms with E-state index >= 15 is 4.39 Å². The molecule has 1 fully saturated rings. The minimum atomic E-state index is -2.28. The average Bonchev–Trinajstić information content (AvgIpc) is 3.69. The van der Waals surface area contributed by atoms with Crippen LogP contribution in [-0.4, -0.2) is 95.7 Å². The summed E-state index contributed by atoms with van der Waals surface area (Å²) < 4.78 is 31.7. The van der Waals surface area contributed by atoms with Gasteiger partial charge < -0.3 is 15.0 Å². The van der Waals surface area contributed by atoms with Gasteiger partial charge in [-0.1, -0.05) is 22.0 Å². The highest BCUT2D eigenvalue weighted by molar-refractivity contribution is 6.57. The zero-order valence-electron chi connectivity index (χ0n) is 21.5. The molecule has 2 atom stereocenters. The van der Waals surface area contributed by atoms with Crippen molar-refractivity contribution in [2.45, 2.75) is 34.9 Å². The Balaban J connectivity index is 1.49. The molecule has 2 aliphatic rings. The molecule has 18 heteroatoms. The summed E-state index contributed by atoms with van der Waals surface area (Å²) in [5, 5.41) is 15.8. The van der Waals surface area contributed by atoms with Gasteiger partial charge in [-0.2, -0.15) is 4.68 Å². The molecule has 4 aromatic rings. The Morgan fingerprint density at radius 1 is 1.12 bits per heavy atom. The summed E-state index contributed by atoms with van der Waals surface area (Å²) in [6.45, 7) is -0.615. The molecule has 1 aromatic carbocycles. The van der Waals surface area contributed by atoms with Crippen LogP contribution in [0.2, 0.25) is 15.5 Å². The van der Waals surface area contributed by atoms with Crippen LogP contribution in [0.15, 0.2) is 43.0 Å². The summed E-state index contributed by atoms with van der Waals surface area (Å²) in [4.78, 5) is 26.0. The average molecular weight is 574 g/mol. The Labute approximate surface area is 249 Å². The van der Waals surface area contributed by atoms with Crippen LogP contribution in [0.5, 0.6) is 0 Å². The first kappa shape index (κ1) is 28.4. The van der Waals surface area contributed by atoms with Gasteiger partial charge in [0.25, 0.3) is 0 Å². The van der Waals surface area contributed by atoms with Gasteiger partial charge in [-0.25, -0.2) is 13.8 Å². The maximum absolute atomic E-state index is 15.7. The molecule has 0 unspecified atom stereocenters. The van der Waals surface area contributed by atoms with Crippen molar-refractivity contribution in [3.63, 3.8) is 0 Å². The zero-order chi connectivity index (χ0) is 30.2. The zero-order valence-corrected chi connectivity index (χ0v) is 22.3. The van der Waals surface area contributed by atoms with Crippen molar-refractivity contribution in [2.24, 2.45) is 0 Å².